The number of aromatic nitrogens is 1. The van der Waals surface area contributed by atoms with E-state index in [1.165, 1.54) is 0 Å². The Hall–Kier alpha value is -3.66. The minimum absolute atomic E-state index is 0.145. The van der Waals surface area contributed by atoms with Gasteiger partial charge in [-0.2, -0.15) is 0 Å². The van der Waals surface area contributed by atoms with Gasteiger partial charge < -0.3 is 10.2 Å². The standard InChI is InChI=1S/C24H21N3O/c1-27(2)19-14-12-18(13-15-19)25-24(28)21-16-23(17-8-4-3-5-9-17)26-22-11-7-6-10-20(21)22/h3-16H,1-2H3,(H,25,28). The highest BCUT2D eigenvalue weighted by Gasteiger charge is 2.14. The molecular weight excluding hydrogens is 346 g/mol. The molecule has 4 aromatic rings. The van der Waals surface area contributed by atoms with Gasteiger partial charge in [-0.3, -0.25) is 4.79 Å². The van der Waals surface area contributed by atoms with Gasteiger partial charge in [-0.1, -0.05) is 48.5 Å². The van der Waals surface area contributed by atoms with Crippen molar-refractivity contribution >= 4 is 28.2 Å². The summed E-state index contributed by atoms with van der Waals surface area (Å²) >= 11 is 0. The molecule has 1 aromatic heterocycles. The number of anilines is 2. The lowest BCUT2D eigenvalue weighted by molar-refractivity contribution is 0.102. The highest BCUT2D eigenvalue weighted by Crippen LogP contribution is 2.26. The summed E-state index contributed by atoms with van der Waals surface area (Å²) in [7, 11) is 3.98. The van der Waals surface area contributed by atoms with Gasteiger partial charge in [0.15, 0.2) is 0 Å². The fourth-order valence-electron chi connectivity index (χ4n) is 3.16. The van der Waals surface area contributed by atoms with E-state index in [2.05, 4.69) is 5.32 Å². The fraction of sp³-hybridized carbons (Fsp3) is 0.0833. The van der Waals surface area contributed by atoms with Crippen molar-refractivity contribution < 1.29 is 4.79 Å². The van der Waals surface area contributed by atoms with Crippen molar-refractivity contribution in [2.45, 2.75) is 0 Å². The number of fused-ring (bicyclic) bond motifs is 1. The van der Waals surface area contributed by atoms with Crippen LogP contribution in [0, 0.1) is 0 Å². The van der Waals surface area contributed by atoms with Gasteiger partial charge in [0.05, 0.1) is 16.8 Å². The minimum Gasteiger partial charge on any atom is -0.378 e. The molecule has 0 radical (unpaired) electrons. The quantitative estimate of drug-likeness (QED) is 0.538. The van der Waals surface area contributed by atoms with Gasteiger partial charge in [0.1, 0.15) is 0 Å². The summed E-state index contributed by atoms with van der Waals surface area (Å²) in [6.45, 7) is 0. The Balaban J connectivity index is 1.73. The number of hydrogen-bond acceptors (Lipinski definition) is 3. The third-order valence-corrected chi connectivity index (χ3v) is 4.67. The molecule has 0 aliphatic rings. The largest absolute Gasteiger partial charge is 0.378 e. The number of hydrogen-bond donors (Lipinski definition) is 1. The number of carbonyl (C=O) groups is 1. The van der Waals surface area contributed by atoms with E-state index < -0.39 is 0 Å². The van der Waals surface area contributed by atoms with E-state index in [4.69, 9.17) is 4.98 Å². The van der Waals surface area contributed by atoms with Crippen LogP contribution in [0.2, 0.25) is 0 Å². The molecule has 1 N–H and O–H groups in total. The van der Waals surface area contributed by atoms with Gasteiger partial charge >= 0.3 is 0 Å². The Labute approximate surface area is 164 Å². The highest BCUT2D eigenvalue weighted by atomic mass is 16.1. The van der Waals surface area contributed by atoms with E-state index >= 15 is 0 Å². The number of amides is 1. The van der Waals surface area contributed by atoms with Crippen LogP contribution in [0.5, 0.6) is 0 Å². The van der Waals surface area contributed by atoms with Crippen LogP contribution in [0.3, 0.4) is 0 Å². The molecule has 3 aromatic carbocycles. The molecule has 0 atom stereocenters. The van der Waals surface area contributed by atoms with Crippen LogP contribution in [0.1, 0.15) is 10.4 Å². The Morgan fingerprint density at radius 1 is 0.857 bits per heavy atom. The highest BCUT2D eigenvalue weighted by molar-refractivity contribution is 6.13. The number of para-hydroxylation sites is 1. The molecule has 1 amide bonds. The van der Waals surface area contributed by atoms with Crippen LogP contribution < -0.4 is 10.2 Å². The summed E-state index contributed by atoms with van der Waals surface area (Å²) in [6, 6.07) is 27.3. The van der Waals surface area contributed by atoms with Gasteiger partial charge in [0.2, 0.25) is 0 Å². The molecule has 4 heteroatoms. The molecule has 0 saturated heterocycles. The monoisotopic (exact) mass is 367 g/mol. The summed E-state index contributed by atoms with van der Waals surface area (Å²) in [4.78, 5) is 19.8. The second-order valence-electron chi connectivity index (χ2n) is 6.83. The second kappa shape index (κ2) is 7.53. The van der Waals surface area contributed by atoms with E-state index in [9.17, 15) is 4.79 Å². The Morgan fingerprint density at radius 3 is 2.25 bits per heavy atom. The Morgan fingerprint density at radius 2 is 1.54 bits per heavy atom. The Bertz CT molecular complexity index is 1120. The molecule has 0 saturated carbocycles. The molecule has 0 aliphatic carbocycles. The predicted molar refractivity (Wildman–Crippen MR) is 116 cm³/mol. The molecule has 4 rings (SSSR count). The number of pyridine rings is 1. The average Bonchev–Trinajstić information content (AvgIpc) is 2.74. The molecule has 4 nitrogen and oxygen atoms in total. The van der Waals surface area contributed by atoms with Gasteiger partial charge in [0, 0.05) is 36.4 Å². The summed E-state index contributed by atoms with van der Waals surface area (Å²) in [5.74, 6) is -0.145. The maximum atomic E-state index is 13.1. The van der Waals surface area contributed by atoms with Crippen LogP contribution in [-0.2, 0) is 0 Å². The van der Waals surface area contributed by atoms with Gasteiger partial charge in [0.25, 0.3) is 5.91 Å². The van der Waals surface area contributed by atoms with Crippen LogP contribution in [-0.4, -0.2) is 25.0 Å². The lowest BCUT2D eigenvalue weighted by Crippen LogP contribution is -2.13. The molecule has 0 aliphatic heterocycles. The number of nitrogens with one attached hydrogen (secondary N) is 1. The SMILES string of the molecule is CN(C)c1ccc(NC(=O)c2cc(-c3ccccc3)nc3ccccc23)cc1. The molecule has 0 bridgehead atoms. The molecule has 0 unspecified atom stereocenters. The van der Waals surface area contributed by atoms with E-state index in [-0.39, 0.29) is 5.91 Å². The summed E-state index contributed by atoms with van der Waals surface area (Å²) < 4.78 is 0. The van der Waals surface area contributed by atoms with Crippen LogP contribution in [0.25, 0.3) is 22.2 Å². The van der Waals surface area contributed by atoms with E-state index in [1.54, 1.807) is 0 Å². The smallest absolute Gasteiger partial charge is 0.256 e. The zero-order valence-electron chi connectivity index (χ0n) is 15.9. The van der Waals surface area contributed by atoms with Crippen LogP contribution in [0.15, 0.2) is 84.9 Å². The third kappa shape index (κ3) is 3.58. The number of rotatable bonds is 4. The molecular formula is C24H21N3O. The van der Waals surface area contributed by atoms with E-state index in [0.29, 0.717) is 5.56 Å². The average molecular weight is 367 g/mol. The van der Waals surface area contributed by atoms with Crippen LogP contribution in [0.4, 0.5) is 11.4 Å². The molecule has 1 heterocycles. The maximum absolute atomic E-state index is 13.1. The lowest BCUT2D eigenvalue weighted by Gasteiger charge is -2.14. The Kier molecular flexibility index (Phi) is 4.77. The first kappa shape index (κ1) is 17.7. The van der Waals surface area contributed by atoms with Crippen molar-refractivity contribution in [3.63, 3.8) is 0 Å². The van der Waals surface area contributed by atoms with E-state index in [1.807, 2.05) is 104 Å². The fourth-order valence-corrected chi connectivity index (χ4v) is 3.16. The topological polar surface area (TPSA) is 45.2 Å². The lowest BCUT2D eigenvalue weighted by atomic mass is 10.0. The first-order chi connectivity index (χ1) is 13.6. The zero-order chi connectivity index (χ0) is 19.5. The molecule has 0 spiro atoms. The predicted octanol–water partition coefficient (Wildman–Crippen LogP) is 5.22. The number of benzene rings is 3. The first-order valence-electron chi connectivity index (χ1n) is 9.16. The summed E-state index contributed by atoms with van der Waals surface area (Å²) in [5, 5.41) is 3.85. The van der Waals surface area contributed by atoms with Crippen LogP contribution >= 0.6 is 0 Å². The zero-order valence-corrected chi connectivity index (χ0v) is 15.9. The van der Waals surface area contributed by atoms with E-state index in [0.717, 1.165) is 33.5 Å². The molecule has 28 heavy (non-hydrogen) atoms. The van der Waals surface area contributed by atoms with Crippen molar-refractivity contribution in [1.29, 1.82) is 0 Å². The molecule has 138 valence electrons. The number of carbonyl (C=O) groups excluding carboxylic acids is 1. The summed E-state index contributed by atoms with van der Waals surface area (Å²) in [5.41, 5.74) is 5.03. The van der Waals surface area contributed by atoms with Gasteiger partial charge in [-0.25, -0.2) is 4.98 Å². The maximum Gasteiger partial charge on any atom is 0.256 e. The van der Waals surface area contributed by atoms with Crippen molar-refractivity contribution in [3.8, 4) is 11.3 Å². The summed E-state index contributed by atoms with van der Waals surface area (Å²) in [6.07, 6.45) is 0. The first-order valence-corrected chi connectivity index (χ1v) is 9.16. The second-order valence-corrected chi connectivity index (χ2v) is 6.83. The normalized spacial score (nSPS) is 10.6. The third-order valence-electron chi connectivity index (χ3n) is 4.67. The van der Waals surface area contributed by atoms with Crippen molar-refractivity contribution in [2.24, 2.45) is 0 Å². The van der Waals surface area contributed by atoms with Gasteiger partial charge in [-0.05, 0) is 36.4 Å². The van der Waals surface area contributed by atoms with Crippen molar-refractivity contribution in [3.05, 3.63) is 90.5 Å². The number of nitrogens with zero attached hydrogens (tertiary/aromatic N) is 2. The molecule has 0 fully saturated rings. The van der Waals surface area contributed by atoms with Crippen molar-refractivity contribution in [1.82, 2.24) is 4.98 Å². The van der Waals surface area contributed by atoms with Gasteiger partial charge in [-0.15, -0.1) is 0 Å². The van der Waals surface area contributed by atoms with Crippen molar-refractivity contribution in [2.75, 3.05) is 24.3 Å². The minimum atomic E-state index is -0.145.